The Balaban J connectivity index is 1.70. The first-order valence-electron chi connectivity index (χ1n) is 8.60. The smallest absolute Gasteiger partial charge is 0.164 e. The summed E-state index contributed by atoms with van der Waals surface area (Å²) in [5.74, 6) is 1.06. The largest absolute Gasteiger partial charge is 0.488 e. The van der Waals surface area contributed by atoms with Crippen LogP contribution < -0.4 is 4.74 Å². The molecular formula is C21H20N2O2. The molecule has 0 aliphatic heterocycles. The highest BCUT2D eigenvalue weighted by Crippen LogP contribution is 2.37. The van der Waals surface area contributed by atoms with E-state index in [1.54, 1.807) is 6.20 Å². The number of H-pyrrole nitrogens is 1. The molecule has 4 rings (SSSR count). The average molecular weight is 332 g/mol. The number of rotatable bonds is 4. The number of ketones is 1. The number of ether oxygens (including phenoxy) is 1. The number of benzene rings is 1. The van der Waals surface area contributed by atoms with Crippen LogP contribution in [-0.2, 0) is 13.0 Å². The van der Waals surface area contributed by atoms with E-state index in [0.717, 1.165) is 52.2 Å². The highest BCUT2D eigenvalue weighted by atomic mass is 16.5. The molecule has 4 nitrogen and oxygen atoms in total. The summed E-state index contributed by atoms with van der Waals surface area (Å²) in [6.45, 7) is 2.44. The second-order valence-electron chi connectivity index (χ2n) is 6.40. The third-order valence-corrected chi connectivity index (χ3v) is 4.67. The van der Waals surface area contributed by atoms with Crippen molar-refractivity contribution in [3.8, 4) is 17.0 Å². The summed E-state index contributed by atoms with van der Waals surface area (Å²) in [6.07, 6.45) is 6.04. The van der Waals surface area contributed by atoms with E-state index >= 15 is 0 Å². The summed E-state index contributed by atoms with van der Waals surface area (Å²) in [6, 6.07) is 11.9. The number of aromatic amines is 1. The minimum absolute atomic E-state index is 0.245. The first-order chi connectivity index (χ1) is 12.2. The van der Waals surface area contributed by atoms with Gasteiger partial charge in [0, 0.05) is 41.2 Å². The van der Waals surface area contributed by atoms with Gasteiger partial charge >= 0.3 is 0 Å². The fraction of sp³-hybridized carbons (Fsp3) is 0.238. The third-order valence-electron chi connectivity index (χ3n) is 4.67. The van der Waals surface area contributed by atoms with E-state index < -0.39 is 0 Å². The van der Waals surface area contributed by atoms with E-state index in [1.165, 1.54) is 0 Å². The molecule has 0 bridgehead atoms. The van der Waals surface area contributed by atoms with Crippen LogP contribution in [-0.4, -0.2) is 15.8 Å². The monoisotopic (exact) mass is 332 g/mol. The number of pyridine rings is 1. The first-order valence-corrected chi connectivity index (χ1v) is 8.60. The Kier molecular flexibility index (Phi) is 4.10. The van der Waals surface area contributed by atoms with Crippen LogP contribution in [0.3, 0.4) is 0 Å². The maximum atomic E-state index is 12.3. The van der Waals surface area contributed by atoms with Crippen LogP contribution >= 0.6 is 0 Å². The zero-order valence-corrected chi connectivity index (χ0v) is 14.2. The lowest BCUT2D eigenvalue weighted by Gasteiger charge is -2.15. The highest BCUT2D eigenvalue weighted by Gasteiger charge is 2.26. The minimum Gasteiger partial charge on any atom is -0.488 e. The van der Waals surface area contributed by atoms with Crippen molar-refractivity contribution in [2.24, 2.45) is 0 Å². The van der Waals surface area contributed by atoms with Gasteiger partial charge in [0.25, 0.3) is 0 Å². The van der Waals surface area contributed by atoms with Crippen LogP contribution in [0.5, 0.6) is 5.75 Å². The highest BCUT2D eigenvalue weighted by molar-refractivity contribution is 6.01. The van der Waals surface area contributed by atoms with Crippen molar-refractivity contribution in [1.29, 1.82) is 0 Å². The number of aromatic nitrogens is 2. The molecule has 0 saturated heterocycles. The molecule has 0 unspecified atom stereocenters. The molecule has 25 heavy (non-hydrogen) atoms. The normalized spacial score (nSPS) is 13.6. The molecule has 1 aliphatic carbocycles. The minimum atomic E-state index is 0.245. The van der Waals surface area contributed by atoms with Crippen LogP contribution in [0.1, 0.15) is 40.0 Å². The summed E-state index contributed by atoms with van der Waals surface area (Å²) >= 11 is 0. The SMILES string of the molecule is Cc1[nH]c(-c2ccccc2OCc2cccnc2)c2c1C(=O)CCC2. The summed E-state index contributed by atoms with van der Waals surface area (Å²) in [5.41, 5.74) is 6.01. The van der Waals surface area contributed by atoms with Crippen molar-refractivity contribution in [1.82, 2.24) is 9.97 Å². The van der Waals surface area contributed by atoms with E-state index in [2.05, 4.69) is 9.97 Å². The number of nitrogens with zero attached hydrogens (tertiary/aromatic N) is 1. The predicted molar refractivity (Wildman–Crippen MR) is 96.8 cm³/mol. The molecule has 3 aromatic rings. The summed E-state index contributed by atoms with van der Waals surface area (Å²) in [5, 5.41) is 0. The molecule has 4 heteroatoms. The van der Waals surface area contributed by atoms with Gasteiger partial charge in [-0.05, 0) is 43.5 Å². The van der Waals surface area contributed by atoms with Crippen molar-refractivity contribution >= 4 is 5.78 Å². The third kappa shape index (κ3) is 2.95. The molecule has 1 aliphatic rings. The standard InChI is InChI=1S/C21H20N2O2/c1-14-20-17(8-4-9-18(20)24)21(23-14)16-7-2-3-10-19(16)25-13-15-6-5-11-22-12-15/h2-3,5-7,10-12,23H,4,8-9,13H2,1H3. The molecule has 2 heterocycles. The van der Waals surface area contributed by atoms with Crippen LogP contribution in [0.25, 0.3) is 11.3 Å². The fourth-order valence-electron chi connectivity index (χ4n) is 3.53. The van der Waals surface area contributed by atoms with E-state index in [1.807, 2.05) is 49.5 Å². The second kappa shape index (κ2) is 6.55. The molecule has 0 radical (unpaired) electrons. The number of nitrogens with one attached hydrogen (secondary N) is 1. The average Bonchev–Trinajstić information content (AvgIpc) is 2.99. The number of carbonyl (C=O) groups is 1. The Morgan fingerprint density at radius 3 is 2.88 bits per heavy atom. The van der Waals surface area contributed by atoms with Gasteiger partial charge in [-0.3, -0.25) is 9.78 Å². The van der Waals surface area contributed by atoms with Crippen molar-refractivity contribution in [2.45, 2.75) is 32.8 Å². The number of fused-ring (bicyclic) bond motifs is 1. The second-order valence-corrected chi connectivity index (χ2v) is 6.40. The maximum absolute atomic E-state index is 12.3. The van der Waals surface area contributed by atoms with Crippen molar-refractivity contribution in [3.63, 3.8) is 0 Å². The van der Waals surface area contributed by atoms with Crippen LogP contribution in [0, 0.1) is 6.92 Å². The van der Waals surface area contributed by atoms with E-state index in [0.29, 0.717) is 13.0 Å². The lowest BCUT2D eigenvalue weighted by molar-refractivity contribution is 0.0972. The maximum Gasteiger partial charge on any atom is 0.164 e. The summed E-state index contributed by atoms with van der Waals surface area (Å²) in [4.78, 5) is 19.8. The number of para-hydroxylation sites is 1. The lowest BCUT2D eigenvalue weighted by atomic mass is 9.89. The molecule has 0 fully saturated rings. The fourth-order valence-corrected chi connectivity index (χ4v) is 3.53. The van der Waals surface area contributed by atoms with Crippen molar-refractivity contribution < 1.29 is 9.53 Å². The summed E-state index contributed by atoms with van der Waals surface area (Å²) < 4.78 is 6.06. The van der Waals surface area contributed by atoms with Gasteiger partial charge in [0.2, 0.25) is 0 Å². The number of Topliss-reactive ketones (excluding diaryl/α,β-unsaturated/α-hetero) is 1. The van der Waals surface area contributed by atoms with Gasteiger partial charge in [-0.1, -0.05) is 18.2 Å². The molecule has 0 saturated carbocycles. The van der Waals surface area contributed by atoms with Gasteiger partial charge in [0.15, 0.2) is 5.78 Å². The Hall–Kier alpha value is -2.88. The Labute approximate surface area is 146 Å². The van der Waals surface area contributed by atoms with Gasteiger partial charge in [-0.25, -0.2) is 0 Å². The molecule has 1 N–H and O–H groups in total. The Morgan fingerprint density at radius 2 is 2.04 bits per heavy atom. The van der Waals surface area contributed by atoms with Crippen LogP contribution in [0.2, 0.25) is 0 Å². The number of carbonyl (C=O) groups excluding carboxylic acids is 1. The number of aryl methyl sites for hydroxylation is 1. The van der Waals surface area contributed by atoms with Gasteiger partial charge in [-0.2, -0.15) is 0 Å². The molecular weight excluding hydrogens is 312 g/mol. The Morgan fingerprint density at radius 1 is 1.16 bits per heavy atom. The molecule has 0 spiro atoms. The zero-order valence-electron chi connectivity index (χ0n) is 14.2. The van der Waals surface area contributed by atoms with Gasteiger partial charge in [0.1, 0.15) is 12.4 Å². The van der Waals surface area contributed by atoms with Gasteiger partial charge < -0.3 is 9.72 Å². The van der Waals surface area contributed by atoms with Gasteiger partial charge in [-0.15, -0.1) is 0 Å². The van der Waals surface area contributed by atoms with E-state index in [-0.39, 0.29) is 5.78 Å². The number of hydrogen-bond acceptors (Lipinski definition) is 3. The van der Waals surface area contributed by atoms with Crippen molar-refractivity contribution in [3.05, 3.63) is 71.2 Å². The van der Waals surface area contributed by atoms with Crippen molar-refractivity contribution in [2.75, 3.05) is 0 Å². The first kappa shape index (κ1) is 15.6. The molecule has 2 aromatic heterocycles. The quantitative estimate of drug-likeness (QED) is 0.766. The topological polar surface area (TPSA) is 55.0 Å². The summed E-state index contributed by atoms with van der Waals surface area (Å²) in [7, 11) is 0. The molecule has 0 atom stereocenters. The molecule has 1 aromatic carbocycles. The molecule has 126 valence electrons. The van der Waals surface area contributed by atoms with Gasteiger partial charge in [0.05, 0.1) is 5.69 Å². The zero-order chi connectivity index (χ0) is 17.2. The van der Waals surface area contributed by atoms with Crippen LogP contribution in [0.15, 0.2) is 48.8 Å². The molecule has 0 amide bonds. The van der Waals surface area contributed by atoms with E-state index in [4.69, 9.17) is 4.74 Å². The predicted octanol–water partition coefficient (Wildman–Crippen LogP) is 4.48. The van der Waals surface area contributed by atoms with Crippen LogP contribution in [0.4, 0.5) is 0 Å². The lowest BCUT2D eigenvalue weighted by Crippen LogP contribution is -2.10. The van der Waals surface area contributed by atoms with E-state index in [9.17, 15) is 4.79 Å². The number of hydrogen-bond donors (Lipinski definition) is 1. The Bertz CT molecular complexity index is 913.